The Balaban J connectivity index is 2.08. The van der Waals surface area contributed by atoms with Crippen LogP contribution in [-0.4, -0.2) is 12.6 Å². The molecule has 2 aromatic carbocycles. The molecule has 0 fully saturated rings. The highest BCUT2D eigenvalue weighted by Gasteiger charge is 2.10. The number of anilines is 1. The van der Waals surface area contributed by atoms with Gasteiger partial charge in [0, 0.05) is 16.2 Å². The van der Waals surface area contributed by atoms with Gasteiger partial charge in [0.1, 0.15) is 0 Å². The fourth-order valence-corrected chi connectivity index (χ4v) is 2.42. The Morgan fingerprint density at radius 2 is 1.86 bits per heavy atom. The third-order valence-corrected chi connectivity index (χ3v) is 3.86. The van der Waals surface area contributed by atoms with Crippen LogP contribution in [0.4, 0.5) is 5.69 Å². The van der Waals surface area contributed by atoms with E-state index in [0.717, 1.165) is 15.7 Å². The van der Waals surface area contributed by atoms with Crippen molar-refractivity contribution in [3.8, 4) is 0 Å². The summed E-state index contributed by atoms with van der Waals surface area (Å²) < 4.78 is 6.01. The smallest absolute Gasteiger partial charge is 0.338 e. The first-order chi connectivity index (χ1) is 10.1. The van der Waals surface area contributed by atoms with Gasteiger partial charge in [0.15, 0.2) is 0 Å². The quantitative estimate of drug-likeness (QED) is 0.789. The van der Waals surface area contributed by atoms with Crippen molar-refractivity contribution in [2.75, 3.05) is 11.9 Å². The highest BCUT2D eigenvalue weighted by Crippen LogP contribution is 2.26. The van der Waals surface area contributed by atoms with Gasteiger partial charge in [-0.05, 0) is 59.6 Å². The maximum atomic E-state index is 11.6. The molecule has 3 nitrogen and oxygen atoms in total. The number of para-hydroxylation sites is 1. The molecule has 1 atom stereocenters. The van der Waals surface area contributed by atoms with Crippen LogP contribution in [0.5, 0.6) is 0 Å². The molecule has 1 N–H and O–H groups in total. The van der Waals surface area contributed by atoms with E-state index in [2.05, 4.69) is 28.2 Å². The van der Waals surface area contributed by atoms with Gasteiger partial charge in [-0.15, -0.1) is 0 Å². The van der Waals surface area contributed by atoms with E-state index in [0.29, 0.717) is 12.2 Å². The summed E-state index contributed by atoms with van der Waals surface area (Å²) in [5, 5.41) is 3.44. The third-order valence-electron chi connectivity index (χ3n) is 3.17. The van der Waals surface area contributed by atoms with Gasteiger partial charge in [0.25, 0.3) is 0 Å². The van der Waals surface area contributed by atoms with E-state index in [9.17, 15) is 4.79 Å². The largest absolute Gasteiger partial charge is 0.462 e. The van der Waals surface area contributed by atoms with Gasteiger partial charge in [-0.2, -0.15) is 0 Å². The van der Waals surface area contributed by atoms with Crippen molar-refractivity contribution in [1.29, 1.82) is 0 Å². The van der Waals surface area contributed by atoms with Gasteiger partial charge in [0.05, 0.1) is 12.2 Å². The molecule has 0 amide bonds. The van der Waals surface area contributed by atoms with Crippen LogP contribution in [0.15, 0.2) is 53.0 Å². The Bertz CT molecular complexity index is 610. The molecule has 0 spiro atoms. The standard InChI is InChI=1S/C17H18BrNO2/c1-3-21-17(20)14-10-8-13(9-11-14)12(2)19-16-7-5-4-6-15(16)18/h4-12,19H,3H2,1-2H3/t12-/m0/s1. The second-order valence-corrected chi connectivity index (χ2v) is 5.54. The second-order valence-electron chi connectivity index (χ2n) is 4.69. The van der Waals surface area contributed by atoms with Crippen LogP contribution in [0.25, 0.3) is 0 Å². The van der Waals surface area contributed by atoms with Gasteiger partial charge in [-0.1, -0.05) is 24.3 Å². The minimum atomic E-state index is -0.282. The molecular weight excluding hydrogens is 330 g/mol. The van der Waals surface area contributed by atoms with E-state index in [1.165, 1.54) is 0 Å². The molecule has 0 saturated carbocycles. The summed E-state index contributed by atoms with van der Waals surface area (Å²) in [6.45, 7) is 4.27. The second kappa shape index (κ2) is 7.27. The minimum absolute atomic E-state index is 0.139. The summed E-state index contributed by atoms with van der Waals surface area (Å²) in [5.41, 5.74) is 2.73. The Hall–Kier alpha value is -1.81. The molecule has 0 unspecified atom stereocenters. The lowest BCUT2D eigenvalue weighted by molar-refractivity contribution is 0.0526. The number of hydrogen-bond donors (Lipinski definition) is 1. The number of halogens is 1. The van der Waals surface area contributed by atoms with Crippen molar-refractivity contribution in [1.82, 2.24) is 0 Å². The first-order valence-electron chi connectivity index (χ1n) is 6.90. The fourth-order valence-electron chi connectivity index (χ4n) is 2.02. The van der Waals surface area contributed by atoms with E-state index in [4.69, 9.17) is 4.74 Å². The molecule has 2 rings (SSSR count). The first-order valence-corrected chi connectivity index (χ1v) is 7.69. The Morgan fingerprint density at radius 3 is 2.48 bits per heavy atom. The zero-order valence-corrected chi connectivity index (χ0v) is 13.7. The van der Waals surface area contributed by atoms with Crippen LogP contribution in [0.1, 0.15) is 35.8 Å². The number of hydrogen-bond acceptors (Lipinski definition) is 3. The molecule has 0 aromatic heterocycles. The normalized spacial score (nSPS) is 11.8. The van der Waals surface area contributed by atoms with Crippen molar-refractivity contribution < 1.29 is 9.53 Å². The van der Waals surface area contributed by atoms with Crippen LogP contribution in [-0.2, 0) is 4.74 Å². The van der Waals surface area contributed by atoms with Gasteiger partial charge < -0.3 is 10.1 Å². The van der Waals surface area contributed by atoms with Crippen molar-refractivity contribution in [3.05, 3.63) is 64.1 Å². The number of benzene rings is 2. The third kappa shape index (κ3) is 4.08. The lowest BCUT2D eigenvalue weighted by atomic mass is 10.1. The lowest BCUT2D eigenvalue weighted by Crippen LogP contribution is -2.08. The molecule has 0 heterocycles. The van der Waals surface area contributed by atoms with E-state index in [-0.39, 0.29) is 12.0 Å². The van der Waals surface area contributed by atoms with E-state index in [1.54, 1.807) is 19.1 Å². The Morgan fingerprint density at radius 1 is 1.19 bits per heavy atom. The maximum Gasteiger partial charge on any atom is 0.338 e. The van der Waals surface area contributed by atoms with Crippen molar-refractivity contribution >= 4 is 27.6 Å². The monoisotopic (exact) mass is 347 g/mol. The molecule has 0 aliphatic rings. The van der Waals surface area contributed by atoms with Gasteiger partial charge in [-0.25, -0.2) is 4.79 Å². The van der Waals surface area contributed by atoms with E-state index < -0.39 is 0 Å². The molecule has 0 aliphatic carbocycles. The zero-order chi connectivity index (χ0) is 15.2. The predicted molar refractivity (Wildman–Crippen MR) is 88.6 cm³/mol. The number of carbonyl (C=O) groups is 1. The summed E-state index contributed by atoms with van der Waals surface area (Å²) >= 11 is 3.52. The molecule has 2 aromatic rings. The molecule has 0 radical (unpaired) electrons. The minimum Gasteiger partial charge on any atom is -0.462 e. The molecule has 0 aliphatic heterocycles. The summed E-state index contributed by atoms with van der Waals surface area (Å²) in [4.78, 5) is 11.6. The van der Waals surface area contributed by atoms with Crippen molar-refractivity contribution in [2.45, 2.75) is 19.9 Å². The number of nitrogens with one attached hydrogen (secondary N) is 1. The van der Waals surface area contributed by atoms with Gasteiger partial charge in [-0.3, -0.25) is 0 Å². The van der Waals surface area contributed by atoms with E-state index in [1.807, 2.05) is 36.4 Å². The van der Waals surface area contributed by atoms with Gasteiger partial charge in [0.2, 0.25) is 0 Å². The number of rotatable bonds is 5. The maximum absolute atomic E-state index is 11.6. The number of esters is 1. The highest BCUT2D eigenvalue weighted by molar-refractivity contribution is 9.10. The van der Waals surface area contributed by atoms with Crippen LogP contribution in [0.2, 0.25) is 0 Å². The molecule has 110 valence electrons. The summed E-state index contributed by atoms with van der Waals surface area (Å²) in [5.74, 6) is -0.282. The average Bonchev–Trinajstić information content (AvgIpc) is 2.50. The topological polar surface area (TPSA) is 38.3 Å². The molecule has 0 saturated heterocycles. The summed E-state index contributed by atoms with van der Waals surface area (Å²) in [6, 6.07) is 15.6. The Kier molecular flexibility index (Phi) is 5.39. The molecular formula is C17H18BrNO2. The molecule has 21 heavy (non-hydrogen) atoms. The summed E-state index contributed by atoms with van der Waals surface area (Å²) in [6.07, 6.45) is 0. The average molecular weight is 348 g/mol. The van der Waals surface area contributed by atoms with Crippen LogP contribution in [0, 0.1) is 0 Å². The Labute approximate surface area is 133 Å². The van der Waals surface area contributed by atoms with Crippen molar-refractivity contribution in [3.63, 3.8) is 0 Å². The molecule has 0 bridgehead atoms. The van der Waals surface area contributed by atoms with E-state index >= 15 is 0 Å². The van der Waals surface area contributed by atoms with Crippen LogP contribution >= 0.6 is 15.9 Å². The fraction of sp³-hybridized carbons (Fsp3) is 0.235. The summed E-state index contributed by atoms with van der Waals surface area (Å²) in [7, 11) is 0. The number of carbonyl (C=O) groups excluding carboxylic acids is 1. The highest BCUT2D eigenvalue weighted by atomic mass is 79.9. The zero-order valence-electron chi connectivity index (χ0n) is 12.1. The van der Waals surface area contributed by atoms with Crippen molar-refractivity contribution in [2.24, 2.45) is 0 Å². The molecule has 4 heteroatoms. The SMILES string of the molecule is CCOC(=O)c1ccc([C@H](C)Nc2ccccc2Br)cc1. The van der Waals surface area contributed by atoms with Crippen LogP contribution < -0.4 is 5.32 Å². The van der Waals surface area contributed by atoms with Gasteiger partial charge >= 0.3 is 5.97 Å². The van der Waals surface area contributed by atoms with Crippen LogP contribution in [0.3, 0.4) is 0 Å². The predicted octanol–water partition coefficient (Wildman–Crippen LogP) is 4.80. The first kappa shape index (κ1) is 15.6. The number of ether oxygens (including phenoxy) is 1. The lowest BCUT2D eigenvalue weighted by Gasteiger charge is -2.17.